The molecule has 86 valence electrons. The van der Waals surface area contributed by atoms with Gasteiger partial charge in [0.05, 0.1) is 13.0 Å². The molecule has 1 fully saturated rings. The van der Waals surface area contributed by atoms with Crippen LogP contribution in [0.3, 0.4) is 0 Å². The van der Waals surface area contributed by atoms with Gasteiger partial charge in [0.2, 0.25) is 5.91 Å². The largest absolute Gasteiger partial charge is 0.381 e. The van der Waals surface area contributed by atoms with Gasteiger partial charge in [0.1, 0.15) is 0 Å². The number of Topliss-reactive ketones (excluding diaryl/α,β-unsaturated/α-hetero) is 1. The third kappa shape index (κ3) is 4.42. The van der Waals surface area contributed by atoms with E-state index in [1.54, 1.807) is 4.90 Å². The zero-order valence-electron chi connectivity index (χ0n) is 9.33. The van der Waals surface area contributed by atoms with Crippen LogP contribution >= 0.6 is 0 Å². The molecule has 1 aliphatic heterocycles. The molecule has 4 nitrogen and oxygen atoms in total. The summed E-state index contributed by atoms with van der Waals surface area (Å²) >= 11 is 0. The molecule has 0 unspecified atom stereocenters. The van der Waals surface area contributed by atoms with E-state index in [2.05, 4.69) is 6.92 Å². The van der Waals surface area contributed by atoms with E-state index >= 15 is 0 Å². The SMILES string of the molecule is CCCCOCCCN1CC(=O)CC1=O. The smallest absolute Gasteiger partial charge is 0.230 e. The van der Waals surface area contributed by atoms with Gasteiger partial charge < -0.3 is 9.64 Å². The van der Waals surface area contributed by atoms with Crippen LogP contribution in [0.5, 0.6) is 0 Å². The Kier molecular flexibility index (Phi) is 5.32. The minimum absolute atomic E-state index is 0.0337. The Morgan fingerprint density at radius 1 is 1.27 bits per heavy atom. The summed E-state index contributed by atoms with van der Waals surface area (Å²) in [7, 11) is 0. The lowest BCUT2D eigenvalue weighted by Gasteiger charge is -2.13. The van der Waals surface area contributed by atoms with Gasteiger partial charge >= 0.3 is 0 Å². The summed E-state index contributed by atoms with van der Waals surface area (Å²) in [6.45, 7) is 4.55. The molecule has 0 N–H and O–H groups in total. The average Bonchev–Trinajstić information content (AvgIpc) is 2.51. The topological polar surface area (TPSA) is 46.6 Å². The van der Waals surface area contributed by atoms with Crippen molar-refractivity contribution >= 4 is 11.7 Å². The van der Waals surface area contributed by atoms with E-state index in [-0.39, 0.29) is 18.1 Å². The van der Waals surface area contributed by atoms with Crippen LogP contribution in [0.1, 0.15) is 32.6 Å². The first-order chi connectivity index (χ1) is 7.24. The molecule has 0 radical (unpaired) electrons. The molecule has 0 aromatic carbocycles. The molecule has 1 aliphatic rings. The first-order valence-corrected chi connectivity index (χ1v) is 5.61. The Bertz CT molecular complexity index is 228. The van der Waals surface area contributed by atoms with E-state index in [1.165, 1.54) is 0 Å². The molecule has 1 amide bonds. The summed E-state index contributed by atoms with van der Waals surface area (Å²) < 4.78 is 5.37. The van der Waals surface area contributed by atoms with E-state index in [0.717, 1.165) is 25.9 Å². The number of amides is 1. The minimum atomic E-state index is -0.0337. The van der Waals surface area contributed by atoms with E-state index in [4.69, 9.17) is 4.74 Å². The lowest BCUT2D eigenvalue weighted by atomic mass is 10.3. The summed E-state index contributed by atoms with van der Waals surface area (Å²) in [5.41, 5.74) is 0. The zero-order chi connectivity index (χ0) is 11.1. The Balaban J connectivity index is 2.00. The molecule has 1 rings (SSSR count). The number of unbranched alkanes of at least 4 members (excludes halogenated alkanes) is 1. The molecule has 0 bridgehead atoms. The minimum Gasteiger partial charge on any atom is -0.381 e. The van der Waals surface area contributed by atoms with Gasteiger partial charge in [0.15, 0.2) is 5.78 Å². The van der Waals surface area contributed by atoms with Crippen molar-refractivity contribution in [2.24, 2.45) is 0 Å². The van der Waals surface area contributed by atoms with Crippen molar-refractivity contribution in [1.29, 1.82) is 0 Å². The Morgan fingerprint density at radius 2 is 2.00 bits per heavy atom. The third-order valence-electron chi connectivity index (χ3n) is 2.43. The molecule has 0 atom stereocenters. The van der Waals surface area contributed by atoms with Gasteiger partial charge in [-0.1, -0.05) is 13.3 Å². The quantitative estimate of drug-likeness (QED) is 0.468. The number of ketones is 1. The lowest BCUT2D eigenvalue weighted by Crippen LogP contribution is -2.27. The second-order valence-electron chi connectivity index (χ2n) is 3.85. The highest BCUT2D eigenvalue weighted by Crippen LogP contribution is 2.06. The van der Waals surface area contributed by atoms with Crippen LogP contribution in [0, 0.1) is 0 Å². The van der Waals surface area contributed by atoms with Crippen molar-refractivity contribution in [3.8, 4) is 0 Å². The van der Waals surface area contributed by atoms with Crippen LogP contribution in [0.2, 0.25) is 0 Å². The fourth-order valence-corrected chi connectivity index (χ4v) is 1.55. The third-order valence-corrected chi connectivity index (χ3v) is 2.43. The van der Waals surface area contributed by atoms with Gasteiger partial charge in [-0.25, -0.2) is 0 Å². The van der Waals surface area contributed by atoms with Crippen LogP contribution in [0.4, 0.5) is 0 Å². The van der Waals surface area contributed by atoms with Crippen LogP contribution in [-0.2, 0) is 14.3 Å². The number of likely N-dealkylation sites (tertiary alicyclic amines) is 1. The molecule has 0 aromatic rings. The molecule has 15 heavy (non-hydrogen) atoms. The second-order valence-corrected chi connectivity index (χ2v) is 3.85. The normalized spacial score (nSPS) is 16.5. The number of nitrogens with zero attached hydrogens (tertiary/aromatic N) is 1. The number of ether oxygens (including phenoxy) is 1. The molecule has 0 spiro atoms. The summed E-state index contributed by atoms with van der Waals surface area (Å²) in [6.07, 6.45) is 3.14. The van der Waals surface area contributed by atoms with Crippen LogP contribution in [0.25, 0.3) is 0 Å². The van der Waals surface area contributed by atoms with E-state index in [1.807, 2.05) is 0 Å². The monoisotopic (exact) mass is 213 g/mol. The fourth-order valence-electron chi connectivity index (χ4n) is 1.55. The van der Waals surface area contributed by atoms with Gasteiger partial charge in [-0.05, 0) is 12.8 Å². The van der Waals surface area contributed by atoms with Crippen molar-refractivity contribution in [3.05, 3.63) is 0 Å². The maximum Gasteiger partial charge on any atom is 0.230 e. The Hall–Kier alpha value is -0.900. The van der Waals surface area contributed by atoms with Gasteiger partial charge in [0, 0.05) is 19.8 Å². The maximum atomic E-state index is 11.2. The van der Waals surface area contributed by atoms with Gasteiger partial charge in [-0.2, -0.15) is 0 Å². The van der Waals surface area contributed by atoms with Gasteiger partial charge in [-0.15, -0.1) is 0 Å². The van der Waals surface area contributed by atoms with E-state index in [0.29, 0.717) is 19.7 Å². The number of hydrogen-bond acceptors (Lipinski definition) is 3. The molecular formula is C11H19NO3. The zero-order valence-corrected chi connectivity index (χ0v) is 9.33. The predicted octanol–water partition coefficient (Wildman–Crippen LogP) is 0.995. The van der Waals surface area contributed by atoms with E-state index < -0.39 is 0 Å². The number of carbonyl (C=O) groups is 2. The molecular weight excluding hydrogens is 194 g/mol. The number of carbonyl (C=O) groups excluding carboxylic acids is 2. The lowest BCUT2D eigenvalue weighted by molar-refractivity contribution is -0.128. The van der Waals surface area contributed by atoms with Crippen molar-refractivity contribution in [2.75, 3.05) is 26.3 Å². The van der Waals surface area contributed by atoms with Gasteiger partial charge in [0.25, 0.3) is 0 Å². The van der Waals surface area contributed by atoms with Crippen LogP contribution < -0.4 is 0 Å². The summed E-state index contributed by atoms with van der Waals surface area (Å²) in [5.74, 6) is 0.000426. The second kappa shape index (κ2) is 6.56. The molecule has 1 saturated heterocycles. The highest BCUT2D eigenvalue weighted by Gasteiger charge is 2.26. The highest BCUT2D eigenvalue weighted by atomic mass is 16.5. The Labute approximate surface area is 90.6 Å². The van der Waals surface area contributed by atoms with E-state index in [9.17, 15) is 9.59 Å². The average molecular weight is 213 g/mol. The van der Waals surface area contributed by atoms with Crippen molar-refractivity contribution in [3.63, 3.8) is 0 Å². The fraction of sp³-hybridized carbons (Fsp3) is 0.818. The molecule has 0 saturated carbocycles. The standard InChI is InChI=1S/C11H19NO3/c1-2-3-6-15-7-4-5-12-9-10(13)8-11(12)14/h2-9H2,1H3. The molecule has 4 heteroatoms. The number of hydrogen-bond donors (Lipinski definition) is 0. The molecule has 0 aliphatic carbocycles. The maximum absolute atomic E-state index is 11.2. The number of rotatable bonds is 7. The van der Waals surface area contributed by atoms with Crippen LogP contribution in [0.15, 0.2) is 0 Å². The predicted molar refractivity (Wildman–Crippen MR) is 56.5 cm³/mol. The summed E-state index contributed by atoms with van der Waals surface area (Å²) in [5, 5.41) is 0. The first-order valence-electron chi connectivity index (χ1n) is 5.61. The van der Waals surface area contributed by atoms with Gasteiger partial charge in [-0.3, -0.25) is 9.59 Å². The molecule has 0 aromatic heterocycles. The summed E-state index contributed by atoms with van der Waals surface area (Å²) in [4.78, 5) is 23.8. The Morgan fingerprint density at radius 3 is 2.60 bits per heavy atom. The summed E-state index contributed by atoms with van der Waals surface area (Å²) in [6, 6.07) is 0. The first kappa shape index (κ1) is 12.2. The van der Waals surface area contributed by atoms with Crippen molar-refractivity contribution in [2.45, 2.75) is 32.6 Å². The van der Waals surface area contributed by atoms with Crippen LogP contribution in [-0.4, -0.2) is 42.9 Å². The molecule has 1 heterocycles. The van der Waals surface area contributed by atoms with Crippen molar-refractivity contribution < 1.29 is 14.3 Å². The highest BCUT2D eigenvalue weighted by molar-refractivity contribution is 6.05. The van der Waals surface area contributed by atoms with Crippen molar-refractivity contribution in [1.82, 2.24) is 4.90 Å².